The van der Waals surface area contributed by atoms with Crippen LogP contribution < -0.4 is 0 Å². The van der Waals surface area contributed by atoms with Crippen LogP contribution in [0.1, 0.15) is 6.92 Å². The highest BCUT2D eigenvalue weighted by atomic mass is 16.7. The summed E-state index contributed by atoms with van der Waals surface area (Å²) in [4.78, 5) is 10.5. The third kappa shape index (κ3) is 3.37. The smallest absolute Gasteiger partial charge is 0.332 e. The van der Waals surface area contributed by atoms with Crippen LogP contribution in [0.25, 0.3) is 0 Å². The molecule has 1 fully saturated rings. The van der Waals surface area contributed by atoms with Gasteiger partial charge in [0.1, 0.15) is 24.4 Å². The van der Waals surface area contributed by atoms with Gasteiger partial charge in [0.2, 0.25) is 0 Å². The van der Waals surface area contributed by atoms with Gasteiger partial charge in [-0.25, -0.2) is 4.79 Å². The molecule has 0 unspecified atom stereocenters. The Morgan fingerprint density at radius 1 is 1.28 bits per heavy atom. The van der Waals surface area contributed by atoms with Crippen molar-refractivity contribution in [1.82, 2.24) is 0 Å². The lowest BCUT2D eigenvalue weighted by molar-refractivity contribution is -0.297. The Hall–Kier alpha value is -0.770. The molecule has 1 rings (SSSR count). The first kappa shape index (κ1) is 15.3. The van der Waals surface area contributed by atoms with Gasteiger partial charge >= 0.3 is 5.97 Å². The van der Waals surface area contributed by atoms with E-state index in [1.807, 2.05) is 0 Å². The highest BCUT2D eigenvalue weighted by Gasteiger charge is 2.44. The predicted molar refractivity (Wildman–Crippen MR) is 56.7 cm³/mol. The summed E-state index contributed by atoms with van der Waals surface area (Å²) in [7, 11) is 1.27. The fourth-order valence-corrected chi connectivity index (χ4v) is 1.56. The number of aliphatic hydroxyl groups excluding tert-OH is 3. The maximum atomic E-state index is 10.5. The van der Waals surface area contributed by atoms with Crippen LogP contribution in [-0.4, -0.2) is 76.9 Å². The lowest BCUT2D eigenvalue weighted by Crippen LogP contribution is -2.59. The summed E-state index contributed by atoms with van der Waals surface area (Å²) in [5, 5.41) is 37.3. The maximum absolute atomic E-state index is 10.5. The number of carboxylic acid groups (broad SMARTS) is 1. The van der Waals surface area contributed by atoms with Crippen LogP contribution in [0, 0.1) is 0 Å². The average molecular weight is 266 g/mol. The van der Waals surface area contributed by atoms with Crippen LogP contribution in [0.5, 0.6) is 0 Å². The first-order valence-electron chi connectivity index (χ1n) is 5.45. The molecule has 0 amide bonds. The Kier molecular flexibility index (Phi) is 5.45. The predicted octanol–water partition coefficient (Wildman–Crippen LogP) is -2.07. The molecular weight excluding hydrogens is 248 g/mol. The summed E-state index contributed by atoms with van der Waals surface area (Å²) in [5.74, 6) is -1.15. The van der Waals surface area contributed by atoms with Gasteiger partial charge in [-0.2, -0.15) is 0 Å². The second-order valence-electron chi connectivity index (χ2n) is 4.06. The van der Waals surface area contributed by atoms with Gasteiger partial charge in [-0.15, -0.1) is 0 Å². The van der Waals surface area contributed by atoms with Crippen molar-refractivity contribution in [1.29, 1.82) is 0 Å². The van der Waals surface area contributed by atoms with E-state index in [9.17, 15) is 20.1 Å². The van der Waals surface area contributed by atoms with Gasteiger partial charge < -0.3 is 34.6 Å². The van der Waals surface area contributed by atoms with Crippen LogP contribution >= 0.6 is 0 Å². The summed E-state index contributed by atoms with van der Waals surface area (Å²) in [6, 6.07) is 0. The Bertz CT molecular complexity index is 281. The topological polar surface area (TPSA) is 126 Å². The largest absolute Gasteiger partial charge is 0.479 e. The number of hydrogen-bond donors (Lipinski definition) is 4. The van der Waals surface area contributed by atoms with Gasteiger partial charge in [0.05, 0.1) is 6.61 Å². The zero-order chi connectivity index (χ0) is 13.9. The molecule has 8 nitrogen and oxygen atoms in total. The van der Waals surface area contributed by atoms with Gasteiger partial charge in [0.25, 0.3) is 0 Å². The summed E-state index contributed by atoms with van der Waals surface area (Å²) in [6.45, 7) is 1.09. The number of ether oxygens (including phenoxy) is 3. The average Bonchev–Trinajstić information content (AvgIpc) is 2.34. The first-order chi connectivity index (χ1) is 8.38. The molecule has 0 spiro atoms. The minimum atomic E-state index is -1.45. The monoisotopic (exact) mass is 266 g/mol. The van der Waals surface area contributed by atoms with Crippen molar-refractivity contribution in [3.8, 4) is 0 Å². The Morgan fingerprint density at radius 3 is 2.39 bits per heavy atom. The van der Waals surface area contributed by atoms with Crippen molar-refractivity contribution in [2.24, 2.45) is 0 Å². The molecule has 1 aliphatic rings. The second-order valence-corrected chi connectivity index (χ2v) is 4.06. The quantitative estimate of drug-likeness (QED) is 0.447. The van der Waals surface area contributed by atoms with Crippen LogP contribution in [0.4, 0.5) is 0 Å². The number of hydrogen-bond acceptors (Lipinski definition) is 7. The molecule has 0 radical (unpaired) electrons. The number of aliphatic carboxylic acids is 1. The van der Waals surface area contributed by atoms with E-state index < -0.39 is 42.8 Å². The summed E-state index contributed by atoms with van der Waals surface area (Å²) in [6.07, 6.45) is -7.35. The van der Waals surface area contributed by atoms with E-state index in [1.54, 1.807) is 0 Å². The summed E-state index contributed by atoms with van der Waals surface area (Å²) < 4.78 is 14.9. The molecule has 106 valence electrons. The van der Waals surface area contributed by atoms with Gasteiger partial charge in [0.15, 0.2) is 12.4 Å². The fourth-order valence-electron chi connectivity index (χ4n) is 1.56. The van der Waals surface area contributed by atoms with Gasteiger partial charge in [-0.05, 0) is 6.92 Å². The van der Waals surface area contributed by atoms with Crippen molar-refractivity contribution in [3.63, 3.8) is 0 Å². The van der Waals surface area contributed by atoms with Gasteiger partial charge in [-0.3, -0.25) is 0 Å². The molecule has 4 N–H and O–H groups in total. The molecule has 0 aliphatic carbocycles. The van der Waals surface area contributed by atoms with Crippen LogP contribution in [-0.2, 0) is 19.0 Å². The molecule has 1 aliphatic heterocycles. The standard InChI is InChI=1S/C10H18O8/c1-4(9(14)15)17-3-5-6(11)7(12)8(13)10(16-2)18-5/h4-8,10-13H,3H2,1-2H3,(H,14,15)/t4-,5-,6+,7+,8-,10+/m1/s1. The SMILES string of the molecule is CO[C@H]1O[C@H](CO[C@H](C)C(=O)O)[C@H](O)[C@H](O)[C@H]1O. The molecule has 0 aromatic heterocycles. The lowest BCUT2D eigenvalue weighted by Gasteiger charge is -2.39. The van der Waals surface area contributed by atoms with Crippen molar-refractivity contribution in [3.05, 3.63) is 0 Å². The van der Waals surface area contributed by atoms with E-state index in [0.717, 1.165) is 0 Å². The van der Waals surface area contributed by atoms with E-state index in [1.165, 1.54) is 14.0 Å². The maximum Gasteiger partial charge on any atom is 0.332 e. The molecule has 1 heterocycles. The van der Waals surface area contributed by atoms with E-state index in [4.69, 9.17) is 19.3 Å². The number of carboxylic acids is 1. The van der Waals surface area contributed by atoms with E-state index in [0.29, 0.717) is 0 Å². The molecule has 8 heteroatoms. The van der Waals surface area contributed by atoms with Gasteiger partial charge in [0, 0.05) is 7.11 Å². The zero-order valence-corrected chi connectivity index (χ0v) is 10.1. The minimum absolute atomic E-state index is 0.238. The Balaban J connectivity index is 2.56. The van der Waals surface area contributed by atoms with Crippen molar-refractivity contribution in [2.45, 2.75) is 43.7 Å². The van der Waals surface area contributed by atoms with E-state index in [2.05, 4.69) is 0 Å². The molecule has 0 aromatic rings. The van der Waals surface area contributed by atoms with Crippen molar-refractivity contribution < 1.29 is 39.4 Å². The third-order valence-electron chi connectivity index (χ3n) is 2.76. The van der Waals surface area contributed by atoms with Crippen molar-refractivity contribution >= 4 is 5.97 Å². The molecule has 0 bridgehead atoms. The minimum Gasteiger partial charge on any atom is -0.479 e. The molecule has 1 saturated heterocycles. The summed E-state index contributed by atoms with van der Waals surface area (Å²) >= 11 is 0. The van der Waals surface area contributed by atoms with E-state index in [-0.39, 0.29) is 6.61 Å². The first-order valence-corrected chi connectivity index (χ1v) is 5.45. The van der Waals surface area contributed by atoms with Gasteiger partial charge in [-0.1, -0.05) is 0 Å². The van der Waals surface area contributed by atoms with Crippen LogP contribution in [0.3, 0.4) is 0 Å². The molecule has 6 atom stereocenters. The Morgan fingerprint density at radius 2 is 1.89 bits per heavy atom. The Labute approximate surface area is 104 Å². The number of carbonyl (C=O) groups is 1. The normalized spacial score (nSPS) is 38.4. The third-order valence-corrected chi connectivity index (χ3v) is 2.76. The highest BCUT2D eigenvalue weighted by Crippen LogP contribution is 2.22. The van der Waals surface area contributed by atoms with Crippen LogP contribution in [0.2, 0.25) is 0 Å². The zero-order valence-electron chi connectivity index (χ0n) is 10.1. The fraction of sp³-hybridized carbons (Fsp3) is 0.900. The summed E-state index contributed by atoms with van der Waals surface area (Å²) in [5.41, 5.74) is 0. The second kappa shape index (κ2) is 6.41. The van der Waals surface area contributed by atoms with Crippen molar-refractivity contribution in [2.75, 3.05) is 13.7 Å². The number of rotatable bonds is 5. The number of aliphatic hydroxyl groups is 3. The van der Waals surface area contributed by atoms with Crippen LogP contribution in [0.15, 0.2) is 0 Å². The lowest BCUT2D eigenvalue weighted by atomic mass is 9.99. The highest BCUT2D eigenvalue weighted by molar-refractivity contribution is 5.71. The molecule has 0 saturated carbocycles. The molecule has 0 aromatic carbocycles. The molecule has 18 heavy (non-hydrogen) atoms. The van der Waals surface area contributed by atoms with E-state index >= 15 is 0 Å². The molecular formula is C10H18O8. The number of methoxy groups -OCH3 is 1.